The van der Waals surface area contributed by atoms with Crippen molar-refractivity contribution in [1.82, 2.24) is 10.6 Å². The van der Waals surface area contributed by atoms with Gasteiger partial charge in [0.1, 0.15) is 0 Å². The van der Waals surface area contributed by atoms with E-state index in [9.17, 15) is 9.90 Å². The van der Waals surface area contributed by atoms with Gasteiger partial charge in [0.05, 0.1) is 5.60 Å². The summed E-state index contributed by atoms with van der Waals surface area (Å²) in [4.78, 5) is 11.3. The second-order valence-electron chi connectivity index (χ2n) is 4.44. The van der Waals surface area contributed by atoms with Gasteiger partial charge in [0.25, 0.3) is 0 Å². The summed E-state index contributed by atoms with van der Waals surface area (Å²) in [6.07, 6.45) is 3.78. The molecule has 1 aliphatic rings. The zero-order valence-corrected chi connectivity index (χ0v) is 9.68. The van der Waals surface area contributed by atoms with Gasteiger partial charge in [-0.15, -0.1) is 0 Å². The average molecular weight is 214 g/mol. The zero-order chi connectivity index (χ0) is 11.3. The first-order valence-corrected chi connectivity index (χ1v) is 5.83. The molecule has 2 amide bonds. The lowest BCUT2D eigenvalue weighted by Gasteiger charge is -2.25. The van der Waals surface area contributed by atoms with Crippen molar-refractivity contribution < 1.29 is 9.90 Å². The lowest BCUT2D eigenvalue weighted by atomic mass is 9.98. The van der Waals surface area contributed by atoms with Crippen LogP contribution < -0.4 is 10.6 Å². The van der Waals surface area contributed by atoms with Gasteiger partial charge < -0.3 is 15.7 Å². The van der Waals surface area contributed by atoms with E-state index in [1.165, 1.54) is 12.8 Å². The summed E-state index contributed by atoms with van der Waals surface area (Å²) >= 11 is 0. The lowest BCUT2D eigenvalue weighted by Crippen LogP contribution is -2.46. The SMILES string of the molecule is CCC(O)(CC)CNC(=O)NCC1CC1. The Kier molecular flexibility index (Phi) is 4.39. The second-order valence-corrected chi connectivity index (χ2v) is 4.44. The number of aliphatic hydroxyl groups is 1. The summed E-state index contributed by atoms with van der Waals surface area (Å²) in [5, 5.41) is 15.4. The molecule has 4 heteroatoms. The quantitative estimate of drug-likeness (QED) is 0.623. The Morgan fingerprint density at radius 2 is 1.93 bits per heavy atom. The topological polar surface area (TPSA) is 61.4 Å². The van der Waals surface area contributed by atoms with E-state index in [0.717, 1.165) is 6.54 Å². The molecule has 0 saturated heterocycles. The Balaban J connectivity index is 2.13. The van der Waals surface area contributed by atoms with Crippen LogP contribution in [0.15, 0.2) is 0 Å². The summed E-state index contributed by atoms with van der Waals surface area (Å²) in [6.45, 7) is 4.94. The largest absolute Gasteiger partial charge is 0.388 e. The van der Waals surface area contributed by atoms with Crippen molar-refractivity contribution in [3.05, 3.63) is 0 Å². The van der Waals surface area contributed by atoms with Gasteiger partial charge in [-0.25, -0.2) is 4.79 Å². The van der Waals surface area contributed by atoms with Crippen LogP contribution in [0.5, 0.6) is 0 Å². The highest BCUT2D eigenvalue weighted by Crippen LogP contribution is 2.27. The number of hydrogen-bond acceptors (Lipinski definition) is 2. The molecular weight excluding hydrogens is 192 g/mol. The second kappa shape index (κ2) is 5.35. The normalized spacial score (nSPS) is 16.2. The average Bonchev–Trinajstić information content (AvgIpc) is 3.07. The Morgan fingerprint density at radius 3 is 2.40 bits per heavy atom. The van der Waals surface area contributed by atoms with Crippen LogP contribution in [0.3, 0.4) is 0 Å². The predicted molar refractivity (Wildman–Crippen MR) is 59.7 cm³/mol. The summed E-state index contributed by atoms with van der Waals surface area (Å²) in [6, 6.07) is -0.165. The van der Waals surface area contributed by atoms with Gasteiger partial charge in [-0.1, -0.05) is 13.8 Å². The van der Waals surface area contributed by atoms with Crippen LogP contribution in [0, 0.1) is 5.92 Å². The lowest BCUT2D eigenvalue weighted by molar-refractivity contribution is 0.0349. The van der Waals surface area contributed by atoms with Gasteiger partial charge in [-0.05, 0) is 31.6 Å². The molecule has 1 saturated carbocycles. The van der Waals surface area contributed by atoms with Crippen molar-refractivity contribution in [3.63, 3.8) is 0 Å². The van der Waals surface area contributed by atoms with Crippen molar-refractivity contribution in [2.24, 2.45) is 5.92 Å². The smallest absolute Gasteiger partial charge is 0.314 e. The van der Waals surface area contributed by atoms with Crippen LogP contribution in [0.2, 0.25) is 0 Å². The van der Waals surface area contributed by atoms with E-state index in [2.05, 4.69) is 10.6 Å². The molecule has 88 valence electrons. The van der Waals surface area contributed by atoms with Gasteiger partial charge in [-0.2, -0.15) is 0 Å². The van der Waals surface area contributed by atoms with Crippen molar-refractivity contribution in [1.29, 1.82) is 0 Å². The molecule has 0 radical (unpaired) electrons. The Labute approximate surface area is 91.4 Å². The van der Waals surface area contributed by atoms with Gasteiger partial charge in [0, 0.05) is 13.1 Å². The highest BCUT2D eigenvalue weighted by molar-refractivity contribution is 5.73. The number of urea groups is 1. The fraction of sp³-hybridized carbons (Fsp3) is 0.909. The van der Waals surface area contributed by atoms with E-state index in [1.54, 1.807) is 0 Å². The number of hydrogen-bond donors (Lipinski definition) is 3. The summed E-state index contributed by atoms with van der Waals surface area (Å²) < 4.78 is 0. The molecule has 0 aromatic carbocycles. The summed E-state index contributed by atoms with van der Waals surface area (Å²) in [7, 11) is 0. The molecule has 1 aliphatic carbocycles. The molecule has 0 unspecified atom stereocenters. The monoisotopic (exact) mass is 214 g/mol. The maximum Gasteiger partial charge on any atom is 0.314 e. The number of carbonyl (C=O) groups is 1. The number of nitrogens with one attached hydrogen (secondary N) is 2. The first kappa shape index (κ1) is 12.3. The first-order valence-electron chi connectivity index (χ1n) is 5.83. The van der Waals surface area contributed by atoms with Gasteiger partial charge in [0.15, 0.2) is 0 Å². The molecule has 0 aromatic heterocycles. The van der Waals surface area contributed by atoms with E-state index in [-0.39, 0.29) is 6.03 Å². The van der Waals surface area contributed by atoms with Crippen molar-refractivity contribution in [2.45, 2.75) is 45.1 Å². The first-order chi connectivity index (χ1) is 7.09. The molecule has 0 heterocycles. The highest BCUT2D eigenvalue weighted by Gasteiger charge is 2.24. The standard InChI is InChI=1S/C11H22N2O2/c1-3-11(15,4-2)8-13-10(14)12-7-9-5-6-9/h9,15H,3-8H2,1-2H3,(H2,12,13,14). The molecule has 0 spiro atoms. The minimum absolute atomic E-state index is 0.165. The van der Waals surface area contributed by atoms with Gasteiger partial charge >= 0.3 is 6.03 Å². The minimum atomic E-state index is -0.753. The maximum absolute atomic E-state index is 11.3. The van der Waals surface area contributed by atoms with E-state index in [0.29, 0.717) is 25.3 Å². The summed E-state index contributed by atoms with van der Waals surface area (Å²) in [5.41, 5.74) is -0.753. The van der Waals surface area contributed by atoms with Crippen molar-refractivity contribution >= 4 is 6.03 Å². The van der Waals surface area contributed by atoms with Crippen LogP contribution in [-0.2, 0) is 0 Å². The van der Waals surface area contributed by atoms with Gasteiger partial charge in [0.2, 0.25) is 0 Å². The fourth-order valence-corrected chi connectivity index (χ4v) is 1.37. The van der Waals surface area contributed by atoms with Crippen LogP contribution >= 0.6 is 0 Å². The number of carbonyl (C=O) groups excluding carboxylic acids is 1. The van der Waals surface area contributed by atoms with E-state index < -0.39 is 5.60 Å². The molecule has 1 rings (SSSR count). The highest BCUT2D eigenvalue weighted by atomic mass is 16.3. The van der Waals surface area contributed by atoms with Crippen molar-refractivity contribution in [3.8, 4) is 0 Å². The number of amides is 2. The molecule has 3 N–H and O–H groups in total. The molecule has 0 aromatic rings. The minimum Gasteiger partial charge on any atom is -0.388 e. The van der Waals surface area contributed by atoms with Crippen LogP contribution in [0.25, 0.3) is 0 Å². The third-order valence-electron chi connectivity index (χ3n) is 3.14. The molecule has 0 atom stereocenters. The third-order valence-corrected chi connectivity index (χ3v) is 3.14. The molecule has 0 aliphatic heterocycles. The molecule has 15 heavy (non-hydrogen) atoms. The summed E-state index contributed by atoms with van der Waals surface area (Å²) in [5.74, 6) is 0.687. The number of rotatable bonds is 6. The van der Waals surface area contributed by atoms with Crippen LogP contribution in [0.1, 0.15) is 39.5 Å². The van der Waals surface area contributed by atoms with Gasteiger partial charge in [-0.3, -0.25) is 0 Å². The van der Waals surface area contributed by atoms with Crippen LogP contribution in [0.4, 0.5) is 4.79 Å². The maximum atomic E-state index is 11.3. The van der Waals surface area contributed by atoms with E-state index >= 15 is 0 Å². The predicted octanol–water partition coefficient (Wildman–Crippen LogP) is 1.25. The Bertz CT molecular complexity index is 211. The molecular formula is C11H22N2O2. The Morgan fingerprint density at radius 1 is 1.33 bits per heavy atom. The molecule has 1 fully saturated rings. The van der Waals surface area contributed by atoms with Crippen molar-refractivity contribution in [2.75, 3.05) is 13.1 Å². The Hall–Kier alpha value is -0.770. The molecule has 0 bridgehead atoms. The molecule has 4 nitrogen and oxygen atoms in total. The third kappa shape index (κ3) is 4.51. The van der Waals surface area contributed by atoms with Crippen LogP contribution in [-0.4, -0.2) is 29.8 Å². The van der Waals surface area contributed by atoms with E-state index in [1.807, 2.05) is 13.8 Å². The zero-order valence-electron chi connectivity index (χ0n) is 9.68. The van der Waals surface area contributed by atoms with E-state index in [4.69, 9.17) is 0 Å². The fourth-order valence-electron chi connectivity index (χ4n) is 1.37.